The van der Waals surface area contributed by atoms with Gasteiger partial charge in [-0.25, -0.2) is 0 Å². The van der Waals surface area contributed by atoms with E-state index in [9.17, 15) is 18.0 Å². The molecule has 0 aliphatic heterocycles. The second kappa shape index (κ2) is 5.92. The summed E-state index contributed by atoms with van der Waals surface area (Å²) in [6, 6.07) is 3.03. The quantitative estimate of drug-likeness (QED) is 0.817. The molecule has 0 amide bonds. The van der Waals surface area contributed by atoms with Gasteiger partial charge >= 0.3 is 6.18 Å². The number of rotatable bonds is 4. The molecule has 0 unspecified atom stereocenters. The lowest BCUT2D eigenvalue weighted by molar-refractivity contribution is -0.137. The molecular formula is C16H17F3O2. The summed E-state index contributed by atoms with van der Waals surface area (Å²) in [5.74, 6) is 0.486. The van der Waals surface area contributed by atoms with Crippen LogP contribution in [0.2, 0.25) is 0 Å². The summed E-state index contributed by atoms with van der Waals surface area (Å²) >= 11 is 0. The topological polar surface area (TPSA) is 30.2 Å². The van der Waals surface area contributed by atoms with Gasteiger partial charge < -0.3 is 4.42 Å². The minimum Gasteiger partial charge on any atom is -0.461 e. The van der Waals surface area contributed by atoms with Crippen LogP contribution in [0.3, 0.4) is 0 Å². The Balaban J connectivity index is 2.65. The van der Waals surface area contributed by atoms with Crippen LogP contribution >= 0.6 is 0 Å². The van der Waals surface area contributed by atoms with Crippen LogP contribution in [-0.4, -0.2) is 0 Å². The zero-order valence-corrected chi connectivity index (χ0v) is 12.0. The van der Waals surface area contributed by atoms with Crippen LogP contribution in [0, 0.1) is 0 Å². The lowest BCUT2D eigenvalue weighted by Crippen LogP contribution is -2.13. The zero-order valence-electron chi connectivity index (χ0n) is 12.0. The summed E-state index contributed by atoms with van der Waals surface area (Å²) in [6.07, 6.45) is -1.57. The third-order valence-electron chi connectivity index (χ3n) is 3.50. The molecule has 0 aliphatic rings. The van der Waals surface area contributed by atoms with Gasteiger partial charge in [0.1, 0.15) is 11.3 Å². The molecule has 1 aromatic heterocycles. The van der Waals surface area contributed by atoms with Gasteiger partial charge in [-0.2, -0.15) is 13.2 Å². The van der Waals surface area contributed by atoms with Crippen molar-refractivity contribution >= 4 is 11.0 Å². The third kappa shape index (κ3) is 3.12. The van der Waals surface area contributed by atoms with Crippen LogP contribution < -0.4 is 5.43 Å². The number of alkyl halides is 3. The van der Waals surface area contributed by atoms with E-state index < -0.39 is 11.7 Å². The molecule has 2 nitrogen and oxygen atoms in total. The van der Waals surface area contributed by atoms with Crippen molar-refractivity contribution in [1.29, 1.82) is 0 Å². The Bertz CT molecular complexity index is 699. The first kappa shape index (κ1) is 15.6. The lowest BCUT2D eigenvalue weighted by Gasteiger charge is -2.10. The van der Waals surface area contributed by atoms with Crippen molar-refractivity contribution in [2.24, 2.45) is 0 Å². The Labute approximate surface area is 120 Å². The highest BCUT2D eigenvalue weighted by molar-refractivity contribution is 5.78. The molecule has 0 saturated carbocycles. The number of hydrogen-bond donors (Lipinski definition) is 0. The van der Waals surface area contributed by atoms with Gasteiger partial charge in [-0.3, -0.25) is 4.79 Å². The second-order valence-corrected chi connectivity index (χ2v) is 5.00. The number of hydrogen-bond acceptors (Lipinski definition) is 2. The van der Waals surface area contributed by atoms with E-state index in [-0.39, 0.29) is 16.4 Å². The molecule has 5 heteroatoms. The molecule has 0 bridgehead atoms. The van der Waals surface area contributed by atoms with Gasteiger partial charge in [0, 0.05) is 12.0 Å². The average Bonchev–Trinajstić information content (AvgIpc) is 2.44. The monoisotopic (exact) mass is 298 g/mol. The molecule has 1 aromatic carbocycles. The smallest absolute Gasteiger partial charge is 0.416 e. The van der Waals surface area contributed by atoms with Crippen LogP contribution in [0.1, 0.15) is 43.6 Å². The van der Waals surface area contributed by atoms with Gasteiger partial charge in [0.15, 0.2) is 5.43 Å². The number of halogens is 3. The van der Waals surface area contributed by atoms with E-state index in [4.69, 9.17) is 4.42 Å². The van der Waals surface area contributed by atoms with E-state index in [1.54, 1.807) is 0 Å². The molecule has 1 heterocycles. The van der Waals surface area contributed by atoms with Crippen molar-refractivity contribution in [3.8, 4) is 0 Å². The highest BCUT2D eigenvalue weighted by atomic mass is 19.4. The molecule has 21 heavy (non-hydrogen) atoms. The Morgan fingerprint density at radius 2 is 1.90 bits per heavy atom. The van der Waals surface area contributed by atoms with Crippen molar-refractivity contribution in [3.05, 3.63) is 45.3 Å². The molecule has 0 saturated heterocycles. The molecule has 0 radical (unpaired) electrons. The van der Waals surface area contributed by atoms with Gasteiger partial charge in [-0.05, 0) is 31.0 Å². The normalized spacial score (nSPS) is 12.0. The fourth-order valence-electron chi connectivity index (χ4n) is 2.35. The predicted molar refractivity (Wildman–Crippen MR) is 75.5 cm³/mol. The van der Waals surface area contributed by atoms with Crippen LogP contribution in [0.25, 0.3) is 11.0 Å². The van der Waals surface area contributed by atoms with E-state index in [0.29, 0.717) is 24.2 Å². The maximum atomic E-state index is 12.7. The molecule has 0 fully saturated rings. The number of fused-ring (bicyclic) bond motifs is 1. The number of unbranched alkanes of at least 4 members (excludes halogenated alkanes) is 1. The molecule has 0 spiro atoms. The summed E-state index contributed by atoms with van der Waals surface area (Å²) in [5.41, 5.74) is -0.421. The lowest BCUT2D eigenvalue weighted by atomic mass is 10.0. The largest absolute Gasteiger partial charge is 0.461 e. The zero-order chi connectivity index (χ0) is 15.6. The first-order chi connectivity index (χ1) is 9.88. The summed E-state index contributed by atoms with van der Waals surface area (Å²) < 4.78 is 43.7. The number of aryl methyl sites for hydroxylation is 1. The highest BCUT2D eigenvalue weighted by Crippen LogP contribution is 2.31. The summed E-state index contributed by atoms with van der Waals surface area (Å²) in [7, 11) is 0. The van der Waals surface area contributed by atoms with Gasteiger partial charge in [0.2, 0.25) is 0 Å². The Kier molecular flexibility index (Phi) is 4.40. The maximum absolute atomic E-state index is 12.7. The van der Waals surface area contributed by atoms with E-state index in [1.807, 2.05) is 13.8 Å². The predicted octanol–water partition coefficient (Wildman–Crippen LogP) is 4.72. The van der Waals surface area contributed by atoms with Crippen molar-refractivity contribution in [2.45, 2.75) is 45.7 Å². The Hall–Kier alpha value is -1.78. The SMILES string of the molecule is CCCCc1c(CC)oc2cc(C(F)(F)F)ccc2c1=O. The summed E-state index contributed by atoms with van der Waals surface area (Å²) in [4.78, 5) is 12.4. The van der Waals surface area contributed by atoms with Crippen LogP contribution in [0.5, 0.6) is 0 Å². The van der Waals surface area contributed by atoms with Crippen molar-refractivity contribution in [3.63, 3.8) is 0 Å². The van der Waals surface area contributed by atoms with Gasteiger partial charge in [-0.15, -0.1) is 0 Å². The average molecular weight is 298 g/mol. The van der Waals surface area contributed by atoms with Gasteiger partial charge in [0.25, 0.3) is 0 Å². The van der Waals surface area contributed by atoms with Crippen molar-refractivity contribution in [1.82, 2.24) is 0 Å². The minimum absolute atomic E-state index is 0.00641. The van der Waals surface area contributed by atoms with Crippen molar-refractivity contribution < 1.29 is 17.6 Å². The minimum atomic E-state index is -4.44. The fourth-order valence-corrected chi connectivity index (χ4v) is 2.35. The maximum Gasteiger partial charge on any atom is 0.416 e. The molecule has 2 aromatic rings. The Morgan fingerprint density at radius 1 is 1.19 bits per heavy atom. The fraction of sp³-hybridized carbons (Fsp3) is 0.438. The Morgan fingerprint density at radius 3 is 2.48 bits per heavy atom. The summed E-state index contributed by atoms with van der Waals surface area (Å²) in [5, 5.41) is 0.214. The first-order valence-corrected chi connectivity index (χ1v) is 7.04. The van der Waals surface area contributed by atoms with E-state index in [1.165, 1.54) is 6.07 Å². The van der Waals surface area contributed by atoms with E-state index >= 15 is 0 Å². The van der Waals surface area contributed by atoms with Gasteiger partial charge in [-0.1, -0.05) is 20.3 Å². The highest BCUT2D eigenvalue weighted by Gasteiger charge is 2.31. The molecular weight excluding hydrogens is 281 g/mol. The second-order valence-electron chi connectivity index (χ2n) is 5.00. The molecule has 2 rings (SSSR count). The van der Waals surface area contributed by atoms with Crippen LogP contribution in [-0.2, 0) is 19.0 Å². The van der Waals surface area contributed by atoms with E-state index in [0.717, 1.165) is 25.0 Å². The van der Waals surface area contributed by atoms with Crippen LogP contribution in [0.4, 0.5) is 13.2 Å². The summed E-state index contributed by atoms with van der Waals surface area (Å²) in [6.45, 7) is 3.84. The molecule has 114 valence electrons. The first-order valence-electron chi connectivity index (χ1n) is 7.04. The molecule has 0 N–H and O–H groups in total. The van der Waals surface area contributed by atoms with E-state index in [2.05, 4.69) is 0 Å². The van der Waals surface area contributed by atoms with Crippen molar-refractivity contribution in [2.75, 3.05) is 0 Å². The third-order valence-corrected chi connectivity index (χ3v) is 3.50. The molecule has 0 atom stereocenters. The van der Waals surface area contributed by atoms with Crippen LogP contribution in [0.15, 0.2) is 27.4 Å². The number of benzene rings is 1. The standard InChI is InChI=1S/C16H17F3O2/c1-3-5-6-11-13(4-2)21-14-9-10(16(17,18)19)7-8-12(14)15(11)20/h7-9H,3-6H2,1-2H3. The molecule has 0 aliphatic carbocycles. The van der Waals surface area contributed by atoms with Gasteiger partial charge in [0.05, 0.1) is 10.9 Å².